The van der Waals surface area contributed by atoms with Crippen LogP contribution in [0.5, 0.6) is 0 Å². The highest BCUT2D eigenvalue weighted by molar-refractivity contribution is 4.74. The van der Waals surface area contributed by atoms with Gasteiger partial charge in [0.1, 0.15) is 0 Å². The van der Waals surface area contributed by atoms with Crippen molar-refractivity contribution in [3.05, 3.63) is 0 Å². The molecule has 0 radical (unpaired) electrons. The Bertz CT molecular complexity index is 87.1. The maximum absolute atomic E-state index is 5.04. The topological polar surface area (TPSA) is 47.3 Å². The van der Waals surface area contributed by atoms with Crippen LogP contribution in [0.2, 0.25) is 0 Å². The summed E-state index contributed by atoms with van der Waals surface area (Å²) in [6, 6.07) is 0.562. The first-order valence-corrected chi connectivity index (χ1v) is 3.42. The van der Waals surface area contributed by atoms with Gasteiger partial charge < -0.3 is 10.2 Å². The third kappa shape index (κ3) is 1.93. The zero-order chi connectivity index (χ0) is 6.69. The van der Waals surface area contributed by atoms with Gasteiger partial charge in [0.15, 0.2) is 0 Å². The first-order valence-electron chi connectivity index (χ1n) is 3.42. The van der Waals surface area contributed by atoms with Crippen LogP contribution in [0, 0.1) is 0 Å². The van der Waals surface area contributed by atoms with E-state index in [4.69, 9.17) is 10.7 Å². The quantitative estimate of drug-likeness (QED) is 0.492. The van der Waals surface area contributed by atoms with Crippen LogP contribution in [0.15, 0.2) is 0 Å². The summed E-state index contributed by atoms with van der Waals surface area (Å²) in [5.41, 5.74) is 0. The van der Waals surface area contributed by atoms with Gasteiger partial charge in [-0.1, -0.05) is 0 Å². The molecule has 3 heteroatoms. The van der Waals surface area contributed by atoms with Crippen LogP contribution in [-0.2, 0) is 4.84 Å². The van der Waals surface area contributed by atoms with E-state index in [1.54, 1.807) is 0 Å². The van der Waals surface area contributed by atoms with Gasteiger partial charge in [-0.3, -0.25) is 0 Å². The lowest BCUT2D eigenvalue weighted by molar-refractivity contribution is 0.0233. The molecular weight excluding hydrogens is 116 g/mol. The molecule has 0 bridgehead atoms. The van der Waals surface area contributed by atoms with E-state index in [1.165, 1.54) is 0 Å². The maximum Gasteiger partial charge on any atom is 0.0814 e. The Balaban J connectivity index is 2.23. The summed E-state index contributed by atoms with van der Waals surface area (Å²) in [6.07, 6.45) is 2.36. The Morgan fingerprint density at radius 1 is 1.67 bits per heavy atom. The fourth-order valence-corrected chi connectivity index (χ4v) is 1.21. The van der Waals surface area contributed by atoms with Gasteiger partial charge in [-0.15, -0.1) is 0 Å². The van der Waals surface area contributed by atoms with Gasteiger partial charge in [-0.05, 0) is 26.3 Å². The molecule has 9 heavy (non-hydrogen) atoms. The highest BCUT2D eigenvalue weighted by Gasteiger charge is 2.17. The first kappa shape index (κ1) is 6.99. The molecule has 0 aliphatic carbocycles. The third-order valence-electron chi connectivity index (χ3n) is 1.77. The minimum Gasteiger partial charge on any atom is -0.314 e. The van der Waals surface area contributed by atoms with E-state index in [0.717, 1.165) is 19.4 Å². The van der Waals surface area contributed by atoms with E-state index in [2.05, 4.69) is 12.2 Å². The van der Waals surface area contributed by atoms with Crippen molar-refractivity contribution in [2.75, 3.05) is 6.54 Å². The molecule has 2 atom stereocenters. The number of hydrogen-bond donors (Lipinski definition) is 2. The Morgan fingerprint density at radius 3 is 2.89 bits per heavy atom. The Hall–Kier alpha value is -0.120. The van der Waals surface area contributed by atoms with Crippen LogP contribution in [-0.4, -0.2) is 18.7 Å². The molecule has 1 heterocycles. The highest BCUT2D eigenvalue weighted by atomic mass is 16.6. The van der Waals surface area contributed by atoms with Gasteiger partial charge in [-0.2, -0.15) is 0 Å². The van der Waals surface area contributed by atoms with Crippen molar-refractivity contribution >= 4 is 0 Å². The molecule has 54 valence electrons. The van der Waals surface area contributed by atoms with E-state index >= 15 is 0 Å². The lowest BCUT2D eigenvalue weighted by Gasteiger charge is -2.25. The van der Waals surface area contributed by atoms with Crippen LogP contribution in [0.1, 0.15) is 19.8 Å². The van der Waals surface area contributed by atoms with E-state index in [0.29, 0.717) is 6.04 Å². The van der Waals surface area contributed by atoms with Crippen molar-refractivity contribution in [2.24, 2.45) is 5.90 Å². The second-order valence-electron chi connectivity index (χ2n) is 2.64. The molecule has 0 aromatic rings. The van der Waals surface area contributed by atoms with Crippen LogP contribution < -0.4 is 11.2 Å². The molecule has 0 aromatic carbocycles. The number of piperidine rings is 1. The van der Waals surface area contributed by atoms with Gasteiger partial charge in [0.2, 0.25) is 0 Å². The van der Waals surface area contributed by atoms with Gasteiger partial charge in [-0.25, -0.2) is 5.90 Å². The molecule has 0 saturated carbocycles. The second-order valence-corrected chi connectivity index (χ2v) is 2.64. The van der Waals surface area contributed by atoms with Crippen molar-refractivity contribution in [2.45, 2.75) is 31.9 Å². The molecule has 1 rings (SSSR count). The third-order valence-corrected chi connectivity index (χ3v) is 1.77. The monoisotopic (exact) mass is 130 g/mol. The van der Waals surface area contributed by atoms with Crippen molar-refractivity contribution in [1.82, 2.24) is 5.32 Å². The first-order chi connectivity index (χ1) is 4.33. The maximum atomic E-state index is 5.04. The molecule has 0 spiro atoms. The lowest BCUT2D eigenvalue weighted by atomic mass is 10.0. The molecule has 3 nitrogen and oxygen atoms in total. The minimum atomic E-state index is 0.279. The zero-order valence-electron chi connectivity index (χ0n) is 5.76. The van der Waals surface area contributed by atoms with Crippen LogP contribution >= 0.6 is 0 Å². The summed E-state index contributed by atoms with van der Waals surface area (Å²) < 4.78 is 0. The van der Waals surface area contributed by atoms with Gasteiger partial charge >= 0.3 is 0 Å². The zero-order valence-corrected chi connectivity index (χ0v) is 5.76. The second kappa shape index (κ2) is 3.15. The van der Waals surface area contributed by atoms with E-state index in [-0.39, 0.29) is 6.10 Å². The van der Waals surface area contributed by atoms with Gasteiger partial charge in [0.25, 0.3) is 0 Å². The minimum absolute atomic E-state index is 0.279. The molecule has 3 N–H and O–H groups in total. The molecule has 0 amide bonds. The SMILES string of the molecule is C[C@H]1C[C@@H](ON)CCN1. The van der Waals surface area contributed by atoms with Gasteiger partial charge in [0, 0.05) is 6.04 Å². The van der Waals surface area contributed by atoms with E-state index in [9.17, 15) is 0 Å². The Kier molecular flexibility index (Phi) is 2.45. The molecule has 0 aromatic heterocycles. The Labute approximate surface area is 55.5 Å². The Morgan fingerprint density at radius 2 is 2.44 bits per heavy atom. The van der Waals surface area contributed by atoms with Crippen LogP contribution in [0.4, 0.5) is 0 Å². The van der Waals surface area contributed by atoms with Crippen LogP contribution in [0.25, 0.3) is 0 Å². The van der Waals surface area contributed by atoms with Gasteiger partial charge in [0.05, 0.1) is 6.10 Å². The molecule has 1 fully saturated rings. The number of nitrogens with one attached hydrogen (secondary N) is 1. The molecule has 1 saturated heterocycles. The summed E-state index contributed by atoms with van der Waals surface area (Å²) in [5.74, 6) is 5.04. The summed E-state index contributed by atoms with van der Waals surface area (Å²) in [5, 5.41) is 3.31. The predicted molar refractivity (Wildman–Crippen MR) is 35.8 cm³/mol. The number of hydrogen-bond acceptors (Lipinski definition) is 3. The largest absolute Gasteiger partial charge is 0.314 e. The molecule has 1 aliphatic heterocycles. The van der Waals surface area contributed by atoms with Crippen molar-refractivity contribution in [1.29, 1.82) is 0 Å². The fourth-order valence-electron chi connectivity index (χ4n) is 1.21. The van der Waals surface area contributed by atoms with Crippen LogP contribution in [0.3, 0.4) is 0 Å². The molecular formula is C6H14N2O. The lowest BCUT2D eigenvalue weighted by Crippen LogP contribution is -2.40. The summed E-state index contributed by atoms with van der Waals surface area (Å²) >= 11 is 0. The van der Waals surface area contributed by atoms with Crippen molar-refractivity contribution in [3.63, 3.8) is 0 Å². The summed E-state index contributed by atoms with van der Waals surface area (Å²) in [6.45, 7) is 3.17. The van der Waals surface area contributed by atoms with E-state index < -0.39 is 0 Å². The number of rotatable bonds is 1. The molecule has 1 aliphatic rings. The highest BCUT2D eigenvalue weighted by Crippen LogP contribution is 2.09. The predicted octanol–water partition coefficient (Wildman–Crippen LogP) is 0.0172. The average molecular weight is 130 g/mol. The standard InChI is InChI=1S/C6H14N2O/c1-5-4-6(9-7)2-3-8-5/h5-6,8H,2-4,7H2,1H3/t5-,6-/m0/s1. The summed E-state index contributed by atoms with van der Waals surface area (Å²) in [7, 11) is 0. The van der Waals surface area contributed by atoms with Crippen molar-refractivity contribution < 1.29 is 4.84 Å². The molecule has 0 unspecified atom stereocenters. The normalized spacial score (nSPS) is 36.7. The summed E-state index contributed by atoms with van der Waals surface area (Å²) in [4.78, 5) is 4.72. The number of nitrogens with two attached hydrogens (primary N) is 1. The smallest absolute Gasteiger partial charge is 0.0814 e. The van der Waals surface area contributed by atoms with E-state index in [1.807, 2.05) is 0 Å². The fraction of sp³-hybridized carbons (Fsp3) is 1.00. The average Bonchev–Trinajstić information content (AvgIpc) is 1.88. The van der Waals surface area contributed by atoms with Crippen molar-refractivity contribution in [3.8, 4) is 0 Å².